The number of ether oxygens (including phenoxy) is 2. The van der Waals surface area contributed by atoms with Crippen LogP contribution in [-0.4, -0.2) is 31.3 Å². The van der Waals surface area contributed by atoms with Crippen LogP contribution in [0.3, 0.4) is 0 Å². The molecule has 5 nitrogen and oxygen atoms in total. The quantitative estimate of drug-likeness (QED) is 0.345. The third-order valence-electron chi connectivity index (χ3n) is 1.21. The molecule has 0 amide bonds. The van der Waals surface area contributed by atoms with Gasteiger partial charge in [0.1, 0.15) is 0 Å². The molecule has 0 N–H and O–H groups in total. The van der Waals surface area contributed by atoms with Crippen molar-refractivity contribution in [2.45, 2.75) is 26.4 Å². The summed E-state index contributed by atoms with van der Waals surface area (Å²) in [5.74, 6) is -1.58. The van der Waals surface area contributed by atoms with Gasteiger partial charge in [0, 0.05) is 6.42 Å². The van der Waals surface area contributed by atoms with Crippen LogP contribution in [0.5, 0.6) is 0 Å². The minimum Gasteiger partial charge on any atom is -0.843 e. The van der Waals surface area contributed by atoms with Gasteiger partial charge in [-0.25, -0.2) is 0 Å². The zero-order valence-electron chi connectivity index (χ0n) is 8.74. The fourth-order valence-corrected chi connectivity index (χ4v) is 0.690. The second-order valence-electron chi connectivity index (χ2n) is 2.25. The molecule has 0 aliphatic rings. The van der Waals surface area contributed by atoms with E-state index in [1.807, 2.05) is 0 Å². The summed E-state index contributed by atoms with van der Waals surface area (Å²) in [6, 6.07) is 0. The SMILES string of the molecule is CCOC(=O)CC([O-])C(=O)OCC.[Na+]. The molecule has 0 saturated heterocycles. The molecule has 0 aromatic carbocycles. The van der Waals surface area contributed by atoms with Gasteiger partial charge in [-0.3, -0.25) is 9.59 Å². The van der Waals surface area contributed by atoms with Gasteiger partial charge in [-0.15, -0.1) is 0 Å². The number of rotatable bonds is 5. The van der Waals surface area contributed by atoms with Crippen LogP contribution < -0.4 is 34.7 Å². The Kier molecular flexibility index (Phi) is 11.0. The van der Waals surface area contributed by atoms with Gasteiger partial charge in [-0.1, -0.05) is 0 Å². The zero-order valence-corrected chi connectivity index (χ0v) is 10.7. The molecule has 0 bridgehead atoms. The van der Waals surface area contributed by atoms with Gasteiger partial charge >= 0.3 is 35.5 Å². The number of hydrogen-bond acceptors (Lipinski definition) is 5. The molecular formula is C8H13NaO5. The normalized spacial score (nSPS) is 11.1. The van der Waals surface area contributed by atoms with Crippen molar-refractivity contribution in [3.8, 4) is 0 Å². The van der Waals surface area contributed by atoms with E-state index in [2.05, 4.69) is 9.47 Å². The van der Waals surface area contributed by atoms with Crippen LogP contribution in [0.15, 0.2) is 0 Å². The van der Waals surface area contributed by atoms with Crippen molar-refractivity contribution < 1.29 is 53.7 Å². The van der Waals surface area contributed by atoms with E-state index in [-0.39, 0.29) is 42.8 Å². The van der Waals surface area contributed by atoms with Crippen molar-refractivity contribution in [2.24, 2.45) is 0 Å². The summed E-state index contributed by atoms with van der Waals surface area (Å²) in [6.07, 6.45) is -2.13. The van der Waals surface area contributed by atoms with Gasteiger partial charge in [0.2, 0.25) is 0 Å². The summed E-state index contributed by atoms with van der Waals surface area (Å²) < 4.78 is 8.92. The van der Waals surface area contributed by atoms with Crippen LogP contribution in [0.4, 0.5) is 0 Å². The maximum absolute atomic E-state index is 10.9. The summed E-state index contributed by atoms with van der Waals surface area (Å²) in [5.41, 5.74) is 0. The second kappa shape index (κ2) is 9.45. The predicted molar refractivity (Wildman–Crippen MR) is 41.7 cm³/mol. The standard InChI is InChI=1S/C8H13O5.Na/c1-3-12-7(10)5-6(9)8(11)13-4-2;/h6H,3-5H2,1-2H3;/q-1;+1. The molecule has 14 heavy (non-hydrogen) atoms. The van der Waals surface area contributed by atoms with Gasteiger partial charge < -0.3 is 14.6 Å². The second-order valence-corrected chi connectivity index (χ2v) is 2.25. The average molecular weight is 212 g/mol. The smallest absolute Gasteiger partial charge is 0.843 e. The van der Waals surface area contributed by atoms with E-state index >= 15 is 0 Å². The molecular weight excluding hydrogens is 199 g/mol. The first kappa shape index (κ1) is 16.3. The van der Waals surface area contributed by atoms with Crippen molar-refractivity contribution in [3.05, 3.63) is 0 Å². The van der Waals surface area contributed by atoms with Crippen molar-refractivity contribution >= 4 is 11.9 Å². The molecule has 0 heterocycles. The number of carbonyl (C=O) groups excluding carboxylic acids is 2. The van der Waals surface area contributed by atoms with Crippen molar-refractivity contribution in [2.75, 3.05) is 13.2 Å². The van der Waals surface area contributed by atoms with Crippen LogP contribution in [0.2, 0.25) is 0 Å². The summed E-state index contributed by atoms with van der Waals surface area (Å²) >= 11 is 0. The number of hydrogen-bond donors (Lipinski definition) is 0. The molecule has 0 spiro atoms. The average Bonchev–Trinajstić information content (AvgIpc) is 2.05. The fourth-order valence-electron chi connectivity index (χ4n) is 0.690. The minimum absolute atomic E-state index is 0. The molecule has 0 radical (unpaired) electrons. The van der Waals surface area contributed by atoms with E-state index in [1.54, 1.807) is 13.8 Å². The Hall–Kier alpha value is -0.100. The maximum atomic E-state index is 10.9. The molecule has 0 aliphatic heterocycles. The predicted octanol–water partition coefficient (Wildman–Crippen LogP) is -3.76. The molecule has 6 heteroatoms. The van der Waals surface area contributed by atoms with E-state index < -0.39 is 24.5 Å². The molecule has 0 fully saturated rings. The van der Waals surface area contributed by atoms with Gasteiger partial charge in [0.25, 0.3) is 5.97 Å². The van der Waals surface area contributed by atoms with Crippen LogP contribution in [0.1, 0.15) is 20.3 Å². The van der Waals surface area contributed by atoms with Crippen molar-refractivity contribution in [1.29, 1.82) is 0 Å². The molecule has 0 aromatic rings. The Morgan fingerprint density at radius 3 is 2.14 bits per heavy atom. The molecule has 1 atom stereocenters. The summed E-state index contributed by atoms with van der Waals surface area (Å²) in [4.78, 5) is 21.5. The Balaban J connectivity index is 0. The van der Waals surface area contributed by atoms with Crippen molar-refractivity contribution in [3.63, 3.8) is 0 Å². The summed E-state index contributed by atoms with van der Waals surface area (Å²) in [7, 11) is 0. The van der Waals surface area contributed by atoms with E-state index in [0.717, 1.165) is 0 Å². The molecule has 0 aliphatic carbocycles. The number of carbonyl (C=O) groups is 2. The third-order valence-corrected chi connectivity index (χ3v) is 1.21. The first-order chi connectivity index (χ1) is 6.11. The number of esters is 2. The summed E-state index contributed by atoms with van der Waals surface area (Å²) in [5, 5.41) is 10.9. The first-order valence-electron chi connectivity index (χ1n) is 4.09. The summed E-state index contributed by atoms with van der Waals surface area (Å²) in [6.45, 7) is 3.56. The van der Waals surface area contributed by atoms with Gasteiger partial charge in [-0.2, -0.15) is 0 Å². The Morgan fingerprint density at radius 2 is 1.71 bits per heavy atom. The van der Waals surface area contributed by atoms with E-state index in [1.165, 1.54) is 0 Å². The van der Waals surface area contributed by atoms with Crippen LogP contribution in [0.25, 0.3) is 0 Å². The van der Waals surface area contributed by atoms with Gasteiger partial charge in [0.05, 0.1) is 13.2 Å². The van der Waals surface area contributed by atoms with E-state index in [4.69, 9.17) is 0 Å². The van der Waals surface area contributed by atoms with Crippen LogP contribution in [0, 0.1) is 0 Å². The molecule has 1 unspecified atom stereocenters. The van der Waals surface area contributed by atoms with E-state index in [0.29, 0.717) is 0 Å². The Labute approximate surface area is 105 Å². The molecule has 0 rings (SSSR count). The van der Waals surface area contributed by atoms with Crippen LogP contribution >= 0.6 is 0 Å². The fraction of sp³-hybridized carbons (Fsp3) is 0.750. The topological polar surface area (TPSA) is 75.7 Å². The minimum atomic E-state index is -1.67. The van der Waals surface area contributed by atoms with Gasteiger partial charge in [0.15, 0.2) is 0 Å². The van der Waals surface area contributed by atoms with Crippen molar-refractivity contribution in [1.82, 2.24) is 0 Å². The first-order valence-corrected chi connectivity index (χ1v) is 4.09. The third kappa shape index (κ3) is 7.32. The van der Waals surface area contributed by atoms with Gasteiger partial charge in [-0.05, 0) is 20.0 Å². The molecule has 0 saturated carbocycles. The van der Waals surface area contributed by atoms with Crippen LogP contribution in [-0.2, 0) is 19.1 Å². The van der Waals surface area contributed by atoms with E-state index in [9.17, 15) is 14.7 Å². The maximum Gasteiger partial charge on any atom is 1.00 e. The zero-order chi connectivity index (χ0) is 10.3. The largest absolute Gasteiger partial charge is 1.00 e. The Bertz CT molecular complexity index is 183. The monoisotopic (exact) mass is 212 g/mol. The molecule has 76 valence electrons. The molecule has 0 aromatic heterocycles. The Morgan fingerprint density at radius 1 is 1.21 bits per heavy atom.